The number of hydrogen-bond acceptors (Lipinski definition) is 5. The van der Waals surface area contributed by atoms with E-state index in [2.05, 4.69) is 10.2 Å². The number of halogens is 1. The van der Waals surface area contributed by atoms with Crippen LogP contribution in [0.1, 0.15) is 56.2 Å². The van der Waals surface area contributed by atoms with Gasteiger partial charge in [-0.3, -0.25) is 19.3 Å². The Hall–Kier alpha value is -3.46. The van der Waals surface area contributed by atoms with Crippen LogP contribution in [0.4, 0.5) is 4.39 Å². The van der Waals surface area contributed by atoms with Crippen molar-refractivity contribution in [3.05, 3.63) is 65.0 Å². The number of carboxylic acid groups (broad SMARTS) is 1. The maximum absolute atomic E-state index is 13.6. The number of amides is 2. The topological polar surface area (TPSA) is 99.2 Å². The number of nitrogens with one attached hydrogen (secondary N) is 1. The molecule has 206 valence electrons. The minimum absolute atomic E-state index is 0.000939. The molecule has 9 heteroatoms. The summed E-state index contributed by atoms with van der Waals surface area (Å²) in [5, 5.41) is 12.3. The van der Waals surface area contributed by atoms with E-state index in [1.54, 1.807) is 6.07 Å². The maximum Gasteiger partial charge on any atom is 0.323 e. The Labute approximate surface area is 223 Å². The average Bonchev–Trinajstić information content (AvgIpc) is 2.87. The molecule has 3 rings (SSSR count). The summed E-state index contributed by atoms with van der Waals surface area (Å²) >= 11 is 0. The summed E-state index contributed by atoms with van der Waals surface area (Å²) in [5.74, 6) is -1.12. The second-order valence-electron chi connectivity index (χ2n) is 9.97. The number of fused-ring (bicyclic) bond motifs is 1. The predicted molar refractivity (Wildman–Crippen MR) is 142 cm³/mol. The minimum Gasteiger partial charge on any atom is -0.493 e. The molecule has 2 amide bonds. The molecular weight excluding hydrogens is 489 g/mol. The number of hydrogen-bond donors (Lipinski definition) is 2. The van der Waals surface area contributed by atoms with E-state index >= 15 is 0 Å². The number of rotatable bonds is 8. The number of aryl methyl sites for hydroxylation is 1. The summed E-state index contributed by atoms with van der Waals surface area (Å²) in [7, 11) is 0. The van der Waals surface area contributed by atoms with Crippen LogP contribution in [-0.2, 0) is 33.9 Å². The van der Waals surface area contributed by atoms with Crippen LogP contribution in [0.2, 0.25) is 0 Å². The molecular formula is C29H38FN3O5. The molecule has 1 heterocycles. The number of carbonyl (C=O) groups excluding carboxylic acids is 2. The van der Waals surface area contributed by atoms with Crippen LogP contribution in [0, 0.1) is 5.82 Å². The van der Waals surface area contributed by atoms with Crippen LogP contribution in [0.15, 0.2) is 42.5 Å². The van der Waals surface area contributed by atoms with Gasteiger partial charge in [-0.05, 0) is 68.9 Å². The number of carboxylic acids is 1. The van der Waals surface area contributed by atoms with Gasteiger partial charge >= 0.3 is 5.97 Å². The van der Waals surface area contributed by atoms with E-state index in [0.717, 1.165) is 36.1 Å². The first-order valence-corrected chi connectivity index (χ1v) is 13.2. The van der Waals surface area contributed by atoms with Crippen LogP contribution in [0.3, 0.4) is 0 Å². The summed E-state index contributed by atoms with van der Waals surface area (Å²) in [6.45, 7) is 5.70. The fraction of sp³-hybridized carbons (Fsp3) is 0.483. The Bertz CT molecular complexity index is 1110. The van der Waals surface area contributed by atoms with Gasteiger partial charge in [0.2, 0.25) is 11.8 Å². The summed E-state index contributed by atoms with van der Waals surface area (Å²) < 4.78 is 19.7. The second-order valence-corrected chi connectivity index (χ2v) is 9.97. The van der Waals surface area contributed by atoms with E-state index in [1.807, 2.05) is 32.0 Å². The molecule has 0 unspecified atom stereocenters. The molecule has 0 fully saturated rings. The number of carbonyl (C=O) groups is 3. The van der Waals surface area contributed by atoms with Crippen LogP contribution >= 0.6 is 0 Å². The van der Waals surface area contributed by atoms with Crippen molar-refractivity contribution in [1.29, 1.82) is 0 Å². The summed E-state index contributed by atoms with van der Waals surface area (Å²) in [6.07, 6.45) is 3.29. The smallest absolute Gasteiger partial charge is 0.323 e. The predicted octanol–water partition coefficient (Wildman–Crippen LogP) is 3.76. The van der Waals surface area contributed by atoms with Crippen molar-refractivity contribution in [2.24, 2.45) is 0 Å². The van der Waals surface area contributed by atoms with Gasteiger partial charge in [-0.1, -0.05) is 24.3 Å². The van der Waals surface area contributed by atoms with E-state index < -0.39 is 18.3 Å². The normalized spacial score (nSPS) is 15.3. The largest absolute Gasteiger partial charge is 0.493 e. The summed E-state index contributed by atoms with van der Waals surface area (Å²) in [5.41, 5.74) is 2.39. The highest BCUT2D eigenvalue weighted by atomic mass is 19.1. The zero-order valence-electron chi connectivity index (χ0n) is 22.2. The Morgan fingerprint density at radius 2 is 1.92 bits per heavy atom. The molecule has 0 saturated heterocycles. The van der Waals surface area contributed by atoms with Gasteiger partial charge in [0.15, 0.2) is 0 Å². The van der Waals surface area contributed by atoms with Crippen LogP contribution < -0.4 is 10.1 Å². The highest BCUT2D eigenvalue weighted by molar-refractivity contribution is 5.81. The Morgan fingerprint density at radius 1 is 1.11 bits per heavy atom. The van der Waals surface area contributed by atoms with Gasteiger partial charge in [-0.25, -0.2) is 4.39 Å². The molecule has 0 aliphatic carbocycles. The van der Waals surface area contributed by atoms with Gasteiger partial charge in [0.25, 0.3) is 0 Å². The van der Waals surface area contributed by atoms with Crippen molar-refractivity contribution in [2.75, 3.05) is 26.2 Å². The Balaban J connectivity index is 1.74. The molecule has 1 aliphatic rings. The molecule has 8 nitrogen and oxygen atoms in total. The zero-order chi connectivity index (χ0) is 27.5. The van der Waals surface area contributed by atoms with E-state index in [9.17, 15) is 23.9 Å². The summed E-state index contributed by atoms with van der Waals surface area (Å²) in [4.78, 5) is 40.1. The Kier molecular flexibility index (Phi) is 11.1. The van der Waals surface area contributed by atoms with Gasteiger partial charge < -0.3 is 20.1 Å². The van der Waals surface area contributed by atoms with Crippen LogP contribution in [-0.4, -0.2) is 65.0 Å². The van der Waals surface area contributed by atoms with E-state index in [1.165, 1.54) is 23.1 Å². The molecule has 0 atom stereocenters. The average molecular weight is 528 g/mol. The van der Waals surface area contributed by atoms with Crippen molar-refractivity contribution in [3.8, 4) is 5.75 Å². The number of benzene rings is 2. The van der Waals surface area contributed by atoms with Crippen molar-refractivity contribution in [3.63, 3.8) is 0 Å². The van der Waals surface area contributed by atoms with Gasteiger partial charge in [-0.15, -0.1) is 0 Å². The third-order valence-corrected chi connectivity index (χ3v) is 6.55. The van der Waals surface area contributed by atoms with E-state index in [-0.39, 0.29) is 37.4 Å². The third-order valence-electron chi connectivity index (χ3n) is 6.55. The number of aliphatic carboxylic acids is 1. The molecule has 0 radical (unpaired) electrons. The lowest BCUT2D eigenvalue weighted by atomic mass is 10.0. The monoisotopic (exact) mass is 527 g/mol. The lowest BCUT2D eigenvalue weighted by Crippen LogP contribution is -2.40. The molecule has 1 aliphatic heterocycles. The standard InChI is InChI=1S/C29H38FN3O5/c1-21(2)32-18-24-15-22(9-11-26(24)38-14-5-3-4-13-31-27(34)19-32)10-12-28(35)33(20-29(36)37)17-23-7-6-8-25(30)16-23/h6-9,11,15-16,21H,3-5,10,12-14,17-20H2,1-2H3,(H,31,34)(H,36,37). The third kappa shape index (κ3) is 9.45. The quantitative estimate of drug-likeness (QED) is 0.543. The van der Waals surface area contributed by atoms with Crippen molar-refractivity contribution in [1.82, 2.24) is 15.1 Å². The zero-order valence-corrected chi connectivity index (χ0v) is 22.2. The highest BCUT2D eigenvalue weighted by Gasteiger charge is 2.20. The molecule has 2 aromatic rings. The maximum atomic E-state index is 13.6. The first kappa shape index (κ1) is 29.1. The van der Waals surface area contributed by atoms with Crippen molar-refractivity contribution >= 4 is 17.8 Å². The van der Waals surface area contributed by atoms with Crippen LogP contribution in [0.5, 0.6) is 5.75 Å². The first-order valence-electron chi connectivity index (χ1n) is 13.2. The Morgan fingerprint density at radius 3 is 2.66 bits per heavy atom. The van der Waals surface area contributed by atoms with Gasteiger partial charge in [-0.2, -0.15) is 0 Å². The second kappa shape index (κ2) is 14.5. The summed E-state index contributed by atoms with van der Waals surface area (Å²) in [6, 6.07) is 11.8. The number of ether oxygens (including phenoxy) is 1. The first-order chi connectivity index (χ1) is 18.2. The van der Waals surface area contributed by atoms with Crippen LogP contribution in [0.25, 0.3) is 0 Å². The molecule has 0 bridgehead atoms. The fourth-order valence-corrected chi connectivity index (χ4v) is 4.41. The van der Waals surface area contributed by atoms with Gasteiger partial charge in [0, 0.05) is 37.7 Å². The molecule has 0 saturated carbocycles. The molecule has 2 aromatic carbocycles. The molecule has 0 spiro atoms. The lowest BCUT2D eigenvalue weighted by Gasteiger charge is -2.27. The molecule has 0 aromatic heterocycles. The van der Waals surface area contributed by atoms with Crippen molar-refractivity contribution in [2.45, 2.75) is 65.1 Å². The highest BCUT2D eigenvalue weighted by Crippen LogP contribution is 2.25. The fourth-order valence-electron chi connectivity index (χ4n) is 4.41. The van der Waals surface area contributed by atoms with Crippen molar-refractivity contribution < 1.29 is 28.6 Å². The molecule has 38 heavy (non-hydrogen) atoms. The van der Waals surface area contributed by atoms with E-state index in [4.69, 9.17) is 4.74 Å². The SMILES string of the molecule is CC(C)N1CC(=O)NCCCCCOc2ccc(CCC(=O)N(CC(=O)O)Cc3cccc(F)c3)cc2C1. The van der Waals surface area contributed by atoms with Gasteiger partial charge in [0.1, 0.15) is 18.1 Å². The van der Waals surface area contributed by atoms with Gasteiger partial charge in [0.05, 0.1) is 13.2 Å². The lowest BCUT2D eigenvalue weighted by molar-refractivity contribution is -0.144. The minimum atomic E-state index is -1.12. The van der Waals surface area contributed by atoms with E-state index in [0.29, 0.717) is 31.7 Å². The number of nitrogens with zero attached hydrogens (tertiary/aromatic N) is 2. The molecule has 2 N–H and O–H groups in total.